The first-order valence-corrected chi connectivity index (χ1v) is 16.1. The van der Waals surface area contributed by atoms with Crippen molar-refractivity contribution in [2.75, 3.05) is 5.73 Å². The molecular formula is C43H33N5. The summed E-state index contributed by atoms with van der Waals surface area (Å²) in [4.78, 5) is 14.6. The summed E-state index contributed by atoms with van der Waals surface area (Å²) in [7, 11) is 0. The highest BCUT2D eigenvalue weighted by Gasteiger charge is 2.21. The molecule has 5 nitrogen and oxygen atoms in total. The van der Waals surface area contributed by atoms with Crippen LogP contribution in [0.5, 0.6) is 0 Å². The highest BCUT2D eigenvalue weighted by atomic mass is 15.2. The number of nitrogens with two attached hydrogens (primary N) is 1. The number of aliphatic imine (C=N–C) groups is 3. The molecule has 5 heteroatoms. The van der Waals surface area contributed by atoms with E-state index >= 15 is 0 Å². The van der Waals surface area contributed by atoms with Gasteiger partial charge >= 0.3 is 0 Å². The lowest BCUT2D eigenvalue weighted by Gasteiger charge is -2.24. The van der Waals surface area contributed by atoms with Crippen LogP contribution in [-0.4, -0.2) is 17.9 Å². The number of nitrogens with one attached hydrogen (secondary N) is 1. The van der Waals surface area contributed by atoms with Gasteiger partial charge in [0.05, 0.1) is 11.4 Å². The Morgan fingerprint density at radius 3 is 1.85 bits per heavy atom. The van der Waals surface area contributed by atoms with Crippen LogP contribution >= 0.6 is 0 Å². The molecule has 0 amide bonds. The molecule has 0 spiro atoms. The second-order valence-electron chi connectivity index (χ2n) is 11.9. The molecule has 0 aliphatic carbocycles. The molecule has 1 atom stereocenters. The minimum absolute atomic E-state index is 0.247. The molecule has 0 radical (unpaired) electrons. The van der Waals surface area contributed by atoms with Gasteiger partial charge in [0.15, 0.2) is 5.84 Å². The molecular weight excluding hydrogens is 587 g/mol. The fourth-order valence-corrected chi connectivity index (χ4v) is 6.49. The average molecular weight is 620 g/mol. The van der Waals surface area contributed by atoms with E-state index in [0.29, 0.717) is 11.5 Å². The van der Waals surface area contributed by atoms with E-state index in [4.69, 9.17) is 15.7 Å². The van der Waals surface area contributed by atoms with E-state index in [1.54, 1.807) is 6.21 Å². The van der Waals surface area contributed by atoms with Crippen LogP contribution in [-0.2, 0) is 0 Å². The van der Waals surface area contributed by atoms with Gasteiger partial charge in [-0.05, 0) is 63.7 Å². The highest BCUT2D eigenvalue weighted by Crippen LogP contribution is 2.41. The molecule has 8 rings (SSSR count). The van der Waals surface area contributed by atoms with Gasteiger partial charge < -0.3 is 11.1 Å². The molecule has 230 valence electrons. The lowest BCUT2D eigenvalue weighted by molar-refractivity contribution is 0.674. The Bertz CT molecular complexity index is 2390. The van der Waals surface area contributed by atoms with E-state index in [2.05, 4.69) is 120 Å². The molecule has 0 bridgehead atoms. The minimum atomic E-state index is -0.247. The van der Waals surface area contributed by atoms with Crippen molar-refractivity contribution in [2.45, 2.75) is 13.1 Å². The molecule has 7 aromatic carbocycles. The van der Waals surface area contributed by atoms with Crippen LogP contribution in [0.2, 0.25) is 0 Å². The van der Waals surface area contributed by atoms with Crippen LogP contribution in [0.25, 0.3) is 43.8 Å². The zero-order chi connectivity index (χ0) is 32.5. The molecule has 1 aliphatic rings. The summed E-state index contributed by atoms with van der Waals surface area (Å²) in [5.74, 6) is 1.50. The number of hydrogen-bond donors (Lipinski definition) is 2. The molecule has 0 fully saturated rings. The maximum atomic E-state index is 6.68. The van der Waals surface area contributed by atoms with Gasteiger partial charge in [0.25, 0.3) is 0 Å². The van der Waals surface area contributed by atoms with Crippen LogP contribution in [0.3, 0.4) is 0 Å². The van der Waals surface area contributed by atoms with Gasteiger partial charge in [-0.2, -0.15) is 0 Å². The van der Waals surface area contributed by atoms with E-state index < -0.39 is 0 Å². The Morgan fingerprint density at radius 2 is 1.15 bits per heavy atom. The number of benzene rings is 7. The summed E-state index contributed by atoms with van der Waals surface area (Å²) in [5, 5.41) is 7.91. The lowest BCUT2D eigenvalue weighted by atomic mass is 9.93. The molecule has 0 saturated heterocycles. The standard InChI is InChI=1S/C43H33N5/c1-2-45-40-37-22-10-9-21-35(37)38-27-33(23-24-36(38)39(40)44)31-18-11-17-30(25-31)32-19-12-20-34(26-32)43-47-41(28-13-5-3-6-14-28)46-42(48-43)29-15-7-4-8-16-29/h2-27,41H,44H2,1H3,(H,46,47,48). The van der Waals surface area contributed by atoms with E-state index in [1.165, 1.54) is 0 Å². The van der Waals surface area contributed by atoms with Crippen molar-refractivity contribution < 1.29 is 0 Å². The summed E-state index contributed by atoms with van der Waals surface area (Å²) < 4.78 is 0. The lowest BCUT2D eigenvalue weighted by Crippen LogP contribution is -2.33. The van der Waals surface area contributed by atoms with Crippen molar-refractivity contribution >= 4 is 50.8 Å². The zero-order valence-electron chi connectivity index (χ0n) is 26.5. The maximum absolute atomic E-state index is 6.68. The van der Waals surface area contributed by atoms with Crippen LogP contribution < -0.4 is 11.1 Å². The third-order valence-corrected chi connectivity index (χ3v) is 8.85. The van der Waals surface area contributed by atoms with Crippen molar-refractivity contribution in [3.05, 3.63) is 168 Å². The Labute approximate surface area is 279 Å². The summed E-state index contributed by atoms with van der Waals surface area (Å²) in [6.45, 7) is 1.92. The van der Waals surface area contributed by atoms with E-state index in [1.807, 2.05) is 49.4 Å². The molecule has 1 unspecified atom stereocenters. The number of nitrogens with zero attached hydrogens (tertiary/aromatic N) is 3. The van der Waals surface area contributed by atoms with Crippen molar-refractivity contribution in [3.8, 4) is 22.3 Å². The first kappa shape index (κ1) is 29.1. The summed E-state index contributed by atoms with van der Waals surface area (Å²) in [6, 6.07) is 52.5. The zero-order valence-corrected chi connectivity index (χ0v) is 26.5. The van der Waals surface area contributed by atoms with Gasteiger partial charge in [-0.3, -0.25) is 4.99 Å². The van der Waals surface area contributed by atoms with Gasteiger partial charge in [0.1, 0.15) is 12.0 Å². The Kier molecular flexibility index (Phi) is 7.55. The van der Waals surface area contributed by atoms with Crippen molar-refractivity contribution in [2.24, 2.45) is 15.0 Å². The molecule has 7 aromatic rings. The third kappa shape index (κ3) is 5.41. The quantitative estimate of drug-likeness (QED) is 0.110. The van der Waals surface area contributed by atoms with Gasteiger partial charge in [-0.15, -0.1) is 0 Å². The summed E-state index contributed by atoms with van der Waals surface area (Å²) >= 11 is 0. The third-order valence-electron chi connectivity index (χ3n) is 8.85. The second kappa shape index (κ2) is 12.5. The number of hydrogen-bond acceptors (Lipinski definition) is 5. The second-order valence-corrected chi connectivity index (χ2v) is 11.9. The topological polar surface area (TPSA) is 75.1 Å². The van der Waals surface area contributed by atoms with E-state index in [-0.39, 0.29) is 6.17 Å². The molecule has 1 aliphatic heterocycles. The number of anilines is 1. The summed E-state index contributed by atoms with van der Waals surface area (Å²) in [5.41, 5.74) is 15.8. The predicted octanol–water partition coefficient (Wildman–Crippen LogP) is 10.1. The van der Waals surface area contributed by atoms with E-state index in [0.717, 1.165) is 72.0 Å². The van der Waals surface area contributed by atoms with Crippen LogP contribution in [0.4, 0.5) is 11.4 Å². The number of nitrogen functional groups attached to an aromatic ring is 1. The summed E-state index contributed by atoms with van der Waals surface area (Å²) in [6.07, 6.45) is 1.55. The smallest absolute Gasteiger partial charge is 0.159 e. The van der Waals surface area contributed by atoms with E-state index in [9.17, 15) is 0 Å². The SMILES string of the molecule is CC=Nc1c(N)c2ccc(-c3cccc(-c4cccc(C5=NC(c6ccccc6)=NC(c6ccccc6)N5)c4)c3)cc2c2ccccc12. The molecule has 1 heterocycles. The van der Waals surface area contributed by atoms with Gasteiger partial charge in [-0.25, -0.2) is 9.98 Å². The van der Waals surface area contributed by atoms with Crippen LogP contribution in [0.1, 0.15) is 29.8 Å². The fourth-order valence-electron chi connectivity index (χ4n) is 6.49. The fraction of sp³-hybridized carbons (Fsp3) is 0.0465. The van der Waals surface area contributed by atoms with Gasteiger partial charge in [0.2, 0.25) is 0 Å². The van der Waals surface area contributed by atoms with Crippen LogP contribution in [0.15, 0.2) is 167 Å². The molecule has 0 saturated carbocycles. The van der Waals surface area contributed by atoms with Gasteiger partial charge in [-0.1, -0.05) is 133 Å². The number of rotatable bonds is 6. The predicted molar refractivity (Wildman–Crippen MR) is 202 cm³/mol. The first-order chi connectivity index (χ1) is 23.7. The monoisotopic (exact) mass is 619 g/mol. The molecule has 3 N–H and O–H groups in total. The number of amidine groups is 2. The van der Waals surface area contributed by atoms with Crippen molar-refractivity contribution in [1.82, 2.24) is 5.32 Å². The van der Waals surface area contributed by atoms with Gasteiger partial charge in [0, 0.05) is 28.1 Å². The number of fused-ring (bicyclic) bond motifs is 3. The first-order valence-electron chi connectivity index (χ1n) is 16.1. The maximum Gasteiger partial charge on any atom is 0.159 e. The van der Waals surface area contributed by atoms with Crippen LogP contribution in [0, 0.1) is 0 Å². The minimum Gasteiger partial charge on any atom is -0.396 e. The largest absolute Gasteiger partial charge is 0.396 e. The molecule has 48 heavy (non-hydrogen) atoms. The highest BCUT2D eigenvalue weighted by molar-refractivity contribution is 6.20. The normalized spacial score (nSPS) is 14.6. The molecule has 0 aromatic heterocycles. The van der Waals surface area contributed by atoms with Crippen molar-refractivity contribution in [1.29, 1.82) is 0 Å². The Hall–Kier alpha value is -6.33. The van der Waals surface area contributed by atoms with Crippen molar-refractivity contribution in [3.63, 3.8) is 0 Å². The average Bonchev–Trinajstić information content (AvgIpc) is 3.17. The Balaban J connectivity index is 1.17. The Morgan fingerprint density at radius 1 is 0.562 bits per heavy atom.